The summed E-state index contributed by atoms with van der Waals surface area (Å²) in [6.07, 6.45) is 2.35. The third kappa shape index (κ3) is 7.58. The van der Waals surface area contributed by atoms with Crippen LogP contribution in [0.4, 0.5) is 0 Å². The number of methoxy groups -OCH3 is 1. The van der Waals surface area contributed by atoms with E-state index >= 15 is 0 Å². The highest BCUT2D eigenvalue weighted by atomic mass is 127. The maximum absolute atomic E-state index is 12.5. The van der Waals surface area contributed by atoms with Crippen LogP contribution in [0, 0.1) is 0 Å². The molecule has 162 valence electrons. The fourth-order valence-electron chi connectivity index (χ4n) is 3.15. The van der Waals surface area contributed by atoms with Crippen LogP contribution in [0.5, 0.6) is 11.5 Å². The van der Waals surface area contributed by atoms with Crippen molar-refractivity contribution in [2.45, 2.75) is 32.0 Å². The first-order chi connectivity index (χ1) is 15.2. The fraction of sp³-hybridized carbons (Fsp3) is 0.269. The van der Waals surface area contributed by atoms with Gasteiger partial charge in [0.2, 0.25) is 0 Å². The molecule has 31 heavy (non-hydrogen) atoms. The molecule has 0 N–H and O–H groups in total. The summed E-state index contributed by atoms with van der Waals surface area (Å²) in [6, 6.07) is 25.3. The molecule has 4 nitrogen and oxygen atoms in total. The standard InChI is InChI=1S/C26H27IO4/c1-29-23-15-10-22(11-16-23)26(28)31-25(17-18-27)14-9-20-7-12-24(13-8-20)30-19-21-5-3-2-4-6-21/h2-8,10-13,15-16,25H,9,14,17-19H2,1H3/t25-/m0/s1. The molecule has 0 amide bonds. The second-order valence-electron chi connectivity index (χ2n) is 7.19. The number of halogens is 1. The molecule has 0 unspecified atom stereocenters. The smallest absolute Gasteiger partial charge is 0.338 e. The third-order valence-corrected chi connectivity index (χ3v) is 5.58. The Kier molecular flexibility index (Phi) is 9.21. The molecule has 0 radical (unpaired) electrons. The molecule has 0 aliphatic heterocycles. The highest BCUT2D eigenvalue weighted by Crippen LogP contribution is 2.19. The van der Waals surface area contributed by atoms with E-state index < -0.39 is 0 Å². The van der Waals surface area contributed by atoms with E-state index in [-0.39, 0.29) is 12.1 Å². The number of rotatable bonds is 11. The first-order valence-corrected chi connectivity index (χ1v) is 11.9. The Morgan fingerprint density at radius 2 is 1.52 bits per heavy atom. The van der Waals surface area contributed by atoms with Crippen LogP contribution < -0.4 is 9.47 Å². The quantitative estimate of drug-likeness (QED) is 0.167. The third-order valence-electron chi connectivity index (χ3n) is 4.96. The Bertz CT molecular complexity index is 924. The van der Waals surface area contributed by atoms with Gasteiger partial charge in [-0.25, -0.2) is 4.79 Å². The summed E-state index contributed by atoms with van der Waals surface area (Å²) in [6.45, 7) is 0.555. The van der Waals surface area contributed by atoms with E-state index in [0.29, 0.717) is 12.2 Å². The minimum Gasteiger partial charge on any atom is -0.497 e. The first kappa shape index (κ1) is 23.1. The van der Waals surface area contributed by atoms with Gasteiger partial charge in [-0.15, -0.1) is 0 Å². The Morgan fingerprint density at radius 3 is 2.16 bits per heavy atom. The van der Waals surface area contributed by atoms with E-state index in [0.717, 1.165) is 40.8 Å². The lowest BCUT2D eigenvalue weighted by Gasteiger charge is -2.17. The van der Waals surface area contributed by atoms with Crippen molar-refractivity contribution < 1.29 is 19.0 Å². The Hall–Kier alpha value is -2.54. The molecule has 0 fully saturated rings. The Balaban J connectivity index is 1.50. The topological polar surface area (TPSA) is 44.8 Å². The number of ether oxygens (including phenoxy) is 3. The molecule has 0 bridgehead atoms. The number of alkyl halides is 1. The second-order valence-corrected chi connectivity index (χ2v) is 8.27. The zero-order valence-electron chi connectivity index (χ0n) is 17.6. The van der Waals surface area contributed by atoms with Crippen molar-refractivity contribution >= 4 is 28.6 Å². The number of hydrogen-bond donors (Lipinski definition) is 0. The van der Waals surface area contributed by atoms with Crippen molar-refractivity contribution in [2.75, 3.05) is 11.5 Å². The number of benzene rings is 3. The van der Waals surface area contributed by atoms with Gasteiger partial charge in [0.25, 0.3) is 0 Å². The lowest BCUT2D eigenvalue weighted by molar-refractivity contribution is 0.0278. The minimum absolute atomic E-state index is 0.111. The number of esters is 1. The van der Waals surface area contributed by atoms with E-state index in [2.05, 4.69) is 46.9 Å². The van der Waals surface area contributed by atoms with Crippen LogP contribution >= 0.6 is 22.6 Å². The lowest BCUT2D eigenvalue weighted by Crippen LogP contribution is -2.19. The molecule has 3 aromatic rings. The molecular weight excluding hydrogens is 503 g/mol. The van der Waals surface area contributed by atoms with Gasteiger partial charge < -0.3 is 14.2 Å². The summed E-state index contributed by atoms with van der Waals surface area (Å²) >= 11 is 2.32. The van der Waals surface area contributed by atoms with Crippen molar-refractivity contribution in [1.29, 1.82) is 0 Å². The average Bonchev–Trinajstić information content (AvgIpc) is 2.82. The van der Waals surface area contributed by atoms with Gasteiger partial charge in [0.1, 0.15) is 24.2 Å². The summed E-state index contributed by atoms with van der Waals surface area (Å²) in [5, 5.41) is 0. The zero-order valence-corrected chi connectivity index (χ0v) is 19.8. The summed E-state index contributed by atoms with van der Waals surface area (Å²) in [5.41, 5.74) is 2.89. The van der Waals surface area contributed by atoms with Gasteiger partial charge in [0.15, 0.2) is 0 Å². The molecule has 5 heteroatoms. The van der Waals surface area contributed by atoms with Gasteiger partial charge >= 0.3 is 5.97 Å². The number of carbonyl (C=O) groups excluding carboxylic acids is 1. The van der Waals surface area contributed by atoms with Crippen molar-refractivity contribution in [2.24, 2.45) is 0 Å². The van der Waals surface area contributed by atoms with Crippen molar-refractivity contribution in [3.63, 3.8) is 0 Å². The molecule has 0 spiro atoms. The number of hydrogen-bond acceptors (Lipinski definition) is 4. The molecule has 0 heterocycles. The van der Waals surface area contributed by atoms with Crippen molar-refractivity contribution in [1.82, 2.24) is 0 Å². The highest BCUT2D eigenvalue weighted by molar-refractivity contribution is 14.1. The Morgan fingerprint density at radius 1 is 0.839 bits per heavy atom. The number of carbonyl (C=O) groups is 1. The lowest BCUT2D eigenvalue weighted by atomic mass is 10.1. The predicted molar refractivity (Wildman–Crippen MR) is 131 cm³/mol. The van der Waals surface area contributed by atoms with E-state index in [1.54, 1.807) is 31.4 Å². The molecule has 0 aliphatic carbocycles. The summed E-state index contributed by atoms with van der Waals surface area (Å²) < 4.78 is 17.7. The average molecular weight is 530 g/mol. The normalized spacial score (nSPS) is 11.5. The van der Waals surface area contributed by atoms with Gasteiger partial charge in [0, 0.05) is 4.43 Å². The monoisotopic (exact) mass is 530 g/mol. The molecule has 0 saturated heterocycles. The minimum atomic E-state index is -0.290. The summed E-state index contributed by atoms with van der Waals surface area (Å²) in [5.74, 6) is 1.28. The fourth-order valence-corrected chi connectivity index (χ4v) is 3.85. The van der Waals surface area contributed by atoms with Crippen LogP contribution in [0.3, 0.4) is 0 Å². The highest BCUT2D eigenvalue weighted by Gasteiger charge is 2.16. The van der Waals surface area contributed by atoms with Gasteiger partial charge in [-0.05, 0) is 66.8 Å². The van der Waals surface area contributed by atoms with Crippen LogP contribution in [-0.2, 0) is 17.8 Å². The van der Waals surface area contributed by atoms with Crippen LogP contribution in [0.15, 0.2) is 78.9 Å². The van der Waals surface area contributed by atoms with Crippen LogP contribution in [0.1, 0.15) is 34.3 Å². The number of aryl methyl sites for hydroxylation is 1. The second kappa shape index (κ2) is 12.3. The molecule has 0 saturated carbocycles. The van der Waals surface area contributed by atoms with Crippen LogP contribution in [0.2, 0.25) is 0 Å². The van der Waals surface area contributed by atoms with Gasteiger partial charge in [-0.1, -0.05) is 65.1 Å². The molecular formula is C26H27IO4. The van der Waals surface area contributed by atoms with Gasteiger partial charge in [-0.3, -0.25) is 0 Å². The van der Waals surface area contributed by atoms with Crippen LogP contribution in [0.25, 0.3) is 0 Å². The Labute approximate surface area is 197 Å². The summed E-state index contributed by atoms with van der Waals surface area (Å²) in [7, 11) is 1.60. The van der Waals surface area contributed by atoms with E-state index in [4.69, 9.17) is 14.2 Å². The van der Waals surface area contributed by atoms with Crippen LogP contribution in [-0.4, -0.2) is 23.6 Å². The maximum Gasteiger partial charge on any atom is 0.338 e. The van der Waals surface area contributed by atoms with E-state index in [9.17, 15) is 4.79 Å². The van der Waals surface area contributed by atoms with Crippen molar-refractivity contribution in [3.05, 3.63) is 95.6 Å². The maximum atomic E-state index is 12.5. The SMILES string of the molecule is COc1ccc(C(=O)O[C@H](CCI)CCc2ccc(OCc3ccccc3)cc2)cc1. The molecule has 3 rings (SSSR count). The molecule has 1 atom stereocenters. The predicted octanol–water partition coefficient (Wildman–Crippen LogP) is 6.26. The first-order valence-electron chi connectivity index (χ1n) is 10.3. The van der Waals surface area contributed by atoms with Gasteiger partial charge in [0.05, 0.1) is 12.7 Å². The molecule has 0 aromatic heterocycles. The van der Waals surface area contributed by atoms with E-state index in [1.165, 1.54) is 5.56 Å². The molecule has 3 aromatic carbocycles. The summed E-state index contributed by atoms with van der Waals surface area (Å²) in [4.78, 5) is 12.5. The largest absolute Gasteiger partial charge is 0.497 e. The molecule has 0 aliphatic rings. The van der Waals surface area contributed by atoms with Gasteiger partial charge in [-0.2, -0.15) is 0 Å². The van der Waals surface area contributed by atoms with Crippen molar-refractivity contribution in [3.8, 4) is 11.5 Å². The van der Waals surface area contributed by atoms with E-state index in [1.807, 2.05) is 30.3 Å². The zero-order chi connectivity index (χ0) is 21.9.